The molecule has 7 aliphatic rings. The van der Waals surface area contributed by atoms with Crippen LogP contribution in [0.15, 0.2) is 84.5 Å². The fourth-order valence-corrected chi connectivity index (χ4v) is 21.2. The number of rotatable bonds is 40. The molecule has 5 aliphatic heterocycles. The molecular formula is C81H104N8O23S3. The van der Waals surface area contributed by atoms with Crippen LogP contribution in [0.4, 0.5) is 5.69 Å². The van der Waals surface area contributed by atoms with E-state index < -0.39 is 192 Å². The number of aliphatic carboxylic acids is 5. The minimum Gasteiger partial charge on any atom is -0.496 e. The average molecular weight is 1650 g/mol. The van der Waals surface area contributed by atoms with Crippen LogP contribution in [0, 0.1) is 23.2 Å². The molecule has 2 unspecified atom stereocenters. The molecule has 0 aromatic heterocycles. The van der Waals surface area contributed by atoms with Crippen LogP contribution in [0.3, 0.4) is 0 Å². The summed E-state index contributed by atoms with van der Waals surface area (Å²) in [6.45, 7) is 5.83. The van der Waals surface area contributed by atoms with Crippen molar-refractivity contribution in [3.8, 4) is 5.75 Å². The number of benzene rings is 3. The number of fused-ring (bicyclic) bond motifs is 5. The van der Waals surface area contributed by atoms with E-state index in [1.807, 2.05) is 55.2 Å². The van der Waals surface area contributed by atoms with Crippen molar-refractivity contribution in [2.24, 2.45) is 23.2 Å². The number of nitrogens with one attached hydrogen (secondary N) is 5. The zero-order chi connectivity index (χ0) is 83.5. The first-order chi connectivity index (χ1) is 54.7. The molecule has 10 rings (SSSR count). The van der Waals surface area contributed by atoms with Gasteiger partial charge in [-0.25, -0.2) is 9.59 Å². The van der Waals surface area contributed by atoms with Gasteiger partial charge in [0.15, 0.2) is 16.5 Å². The van der Waals surface area contributed by atoms with E-state index in [2.05, 4.69) is 48.5 Å². The van der Waals surface area contributed by atoms with E-state index in [9.17, 15) is 83.7 Å². The van der Waals surface area contributed by atoms with Crippen LogP contribution in [0.1, 0.15) is 138 Å². The van der Waals surface area contributed by atoms with Crippen molar-refractivity contribution in [2.45, 2.75) is 181 Å². The number of anilines is 1. The van der Waals surface area contributed by atoms with E-state index >= 15 is 9.59 Å². The summed E-state index contributed by atoms with van der Waals surface area (Å²) in [6, 6.07) is 14.0. The van der Waals surface area contributed by atoms with Crippen molar-refractivity contribution in [2.75, 3.05) is 90.1 Å². The summed E-state index contributed by atoms with van der Waals surface area (Å²) in [5.74, 6) is -15.6. The molecule has 0 radical (unpaired) electrons. The number of ketones is 2. The number of amides is 3. The van der Waals surface area contributed by atoms with Gasteiger partial charge >= 0.3 is 41.8 Å². The number of Topliss-reactive ketones (excluding diaryl/α,β-unsaturated/α-hetero) is 2. The van der Waals surface area contributed by atoms with Gasteiger partial charge in [0.25, 0.3) is 5.91 Å². The lowest BCUT2D eigenvalue weighted by atomic mass is 9.47. The maximum absolute atomic E-state index is 15.7. The highest BCUT2D eigenvalue weighted by Gasteiger charge is 2.79. The van der Waals surface area contributed by atoms with E-state index in [4.69, 9.17) is 31.5 Å². The fourth-order valence-electron chi connectivity index (χ4n) is 19.0. The van der Waals surface area contributed by atoms with Gasteiger partial charge in [0.1, 0.15) is 48.3 Å². The Balaban J connectivity index is 0.775. The summed E-state index contributed by atoms with van der Waals surface area (Å²) in [7, 11) is 6.77. The molecule has 3 fully saturated rings. The third kappa shape index (κ3) is 19.0. The van der Waals surface area contributed by atoms with Gasteiger partial charge in [-0.3, -0.25) is 57.7 Å². The molecule has 5 heterocycles. The highest BCUT2D eigenvalue weighted by molar-refractivity contribution is 8.76. The minimum absolute atomic E-state index is 0.0677. The number of likely N-dealkylation sites (N-methyl/N-ethyl adjacent to an activating group) is 1. The van der Waals surface area contributed by atoms with Crippen LogP contribution in [-0.4, -0.2) is 260 Å². The number of methoxy groups -OCH3 is 2. The van der Waals surface area contributed by atoms with Gasteiger partial charge < -0.3 is 86.5 Å². The van der Waals surface area contributed by atoms with Crippen LogP contribution in [-0.2, 0) is 90.7 Å². The quantitative estimate of drug-likeness (QED) is 0.0126. The molecule has 15 atom stereocenters. The zero-order valence-corrected chi connectivity index (χ0v) is 67.5. The first-order valence-corrected chi connectivity index (χ1v) is 41.8. The number of nitrogens with zero attached hydrogens (tertiary/aromatic N) is 3. The predicted molar refractivity (Wildman–Crippen MR) is 427 cm³/mol. The number of carbonyl (C=O) groups is 12. The van der Waals surface area contributed by atoms with Gasteiger partial charge in [0.05, 0.1) is 44.2 Å². The summed E-state index contributed by atoms with van der Waals surface area (Å²) in [6.07, 6.45) is 0.859. The summed E-state index contributed by atoms with van der Waals surface area (Å²) in [4.78, 5) is 166. The molecular weight excluding hydrogens is 1550 g/mol. The second kappa shape index (κ2) is 37.9. The van der Waals surface area contributed by atoms with Gasteiger partial charge in [-0.15, -0.1) is 0 Å². The summed E-state index contributed by atoms with van der Waals surface area (Å²) < 4.78 is 18.0. The Morgan fingerprint density at radius 3 is 2.15 bits per heavy atom. The second-order valence-electron chi connectivity index (χ2n) is 31.2. The van der Waals surface area contributed by atoms with E-state index in [-0.39, 0.29) is 74.2 Å². The SMILES string of the molecule is CC[C@]1(O)CC2CN(CCC3=C(Cc4ccccc43)[C@@](C(=O)OC)(c3cc4c(cc3OC)N(C)[C@H]3[C@@](O)(C(=O)NCC(=O)OCCSSC[C@@H](NC(=O)[C@@H](CC(=O)[C@H](CC(=O)O)NC(=O)CC[C@H](CC(=O)CC[C@H](NC(=S)NCCCC(=O)O)C(=O)O)C(=O)O)Cc5ccccc5)C(=O)O)[C@H](O)[C@]5(CC)C=CCN6CC[C@]43[C@H]65)C2)C1. The maximum Gasteiger partial charge on any atom is 0.327 e. The van der Waals surface area contributed by atoms with E-state index in [1.54, 1.807) is 44.5 Å². The normalized spacial score (nSPS) is 26.1. The number of ether oxygens (including phenoxy) is 3. The van der Waals surface area contributed by atoms with Gasteiger partial charge in [-0.1, -0.05) is 102 Å². The summed E-state index contributed by atoms with van der Waals surface area (Å²) in [5, 5.41) is 100. The smallest absolute Gasteiger partial charge is 0.327 e. The number of aliphatic hydroxyl groups is 3. The van der Waals surface area contributed by atoms with Gasteiger partial charge in [0, 0.05) is 123 Å². The third-order valence-electron chi connectivity index (χ3n) is 24.3. The molecule has 2 bridgehead atoms. The fraction of sp³-hybridized carbons (Fsp3) is 0.568. The number of piperidine rings is 1. The number of hydrogen-bond acceptors (Lipinski definition) is 24. The van der Waals surface area contributed by atoms with Crippen LogP contribution < -0.4 is 36.2 Å². The standard InChI is InChI=1S/C81H104N8O23S3/c1-6-77(108)40-47-41-80(75(107)111-5,54-35-48-17-11-12-18-52(48)53(54)24-29-88(43-47)45-77)56-37-55-60(39-62(56)110-4)87(3)72-79(55)26-30-89-28-14-25-78(7-2,71(79)89)73(105)81(72,109)74(106)83-42-66(97)112-31-32-114-115-44-59(70(103)104)85-67(98)50(33-46-15-9-8-10-16-46)36-61(91)58(38-65(95)96)84-63(92)23-20-49(68(99)100)34-51(90)21-22-57(69(101)102)86-76(113)82-27-13-19-64(93)94/h8-12,14-18,25,37,39,47,49-50,57-59,71-73,105,108-109H,6-7,13,19-24,26-36,38,40-45H2,1-5H3,(H,83,106)(H,84,92)(H,85,98)(H,93,94)(H,95,96)(H,99,100)(H,101,102)(H,103,104)(H2,82,86,113)/t47?,49-,50-,57+,58+,59-,71-,72-,73-,77+,78-,79-,80-,81+/m1/s1. The molecule has 3 aromatic rings. The molecule has 1 spiro atoms. The van der Waals surface area contributed by atoms with Crippen LogP contribution in [0.5, 0.6) is 5.75 Å². The predicted octanol–water partition coefficient (Wildman–Crippen LogP) is 3.97. The van der Waals surface area contributed by atoms with Crippen LogP contribution in [0.25, 0.3) is 5.57 Å². The van der Waals surface area contributed by atoms with Crippen LogP contribution >= 0.6 is 33.8 Å². The zero-order valence-electron chi connectivity index (χ0n) is 65.1. The monoisotopic (exact) mass is 1650 g/mol. The highest BCUT2D eigenvalue weighted by atomic mass is 33.1. The molecule has 2 saturated heterocycles. The molecule has 624 valence electrons. The molecule has 115 heavy (non-hydrogen) atoms. The first kappa shape index (κ1) is 88.3. The Morgan fingerprint density at radius 2 is 1.47 bits per heavy atom. The molecule has 13 N–H and O–H groups in total. The number of carboxylic acid groups (broad SMARTS) is 5. The Kier molecular flexibility index (Phi) is 29.1. The lowest BCUT2D eigenvalue weighted by Gasteiger charge is -2.63. The van der Waals surface area contributed by atoms with Crippen LogP contribution in [0.2, 0.25) is 0 Å². The third-order valence-corrected chi connectivity index (χ3v) is 26.9. The van der Waals surface area contributed by atoms with Crippen molar-refractivity contribution in [3.63, 3.8) is 0 Å². The van der Waals surface area contributed by atoms with Crippen molar-refractivity contribution in [1.82, 2.24) is 36.4 Å². The minimum atomic E-state index is -2.63. The maximum atomic E-state index is 15.7. The first-order valence-electron chi connectivity index (χ1n) is 38.9. The number of thiocarbonyl (C=S) groups is 1. The molecule has 34 heteroatoms. The second-order valence-corrected chi connectivity index (χ2v) is 34.3. The number of esters is 2. The Bertz CT molecular complexity index is 4280. The Morgan fingerprint density at radius 1 is 0.739 bits per heavy atom. The summed E-state index contributed by atoms with van der Waals surface area (Å²) in [5.41, 5.74) is -0.970. The molecule has 3 aromatic carbocycles. The largest absolute Gasteiger partial charge is 0.496 e. The van der Waals surface area contributed by atoms with E-state index in [0.29, 0.717) is 87.4 Å². The number of carboxylic acids is 5. The van der Waals surface area contributed by atoms with Gasteiger partial charge in [-0.05, 0) is 135 Å². The van der Waals surface area contributed by atoms with Crippen molar-refractivity contribution < 1.29 is 113 Å². The molecule has 31 nitrogen and oxygen atoms in total. The highest BCUT2D eigenvalue weighted by Crippen LogP contribution is 2.68. The Labute approximate surface area is 679 Å². The Hall–Kier alpha value is -9.03. The van der Waals surface area contributed by atoms with Crippen molar-refractivity contribution >= 4 is 121 Å². The van der Waals surface area contributed by atoms with Crippen molar-refractivity contribution in [3.05, 3.63) is 112 Å². The summed E-state index contributed by atoms with van der Waals surface area (Å²) >= 11 is 5.08. The topological polar surface area (TPSA) is 464 Å². The van der Waals surface area contributed by atoms with E-state index in [1.165, 1.54) is 7.11 Å². The number of carbonyl (C=O) groups excluding carboxylic acids is 7. The number of hydrogen-bond donors (Lipinski definition) is 13. The number of aliphatic hydroxyl groups excluding tert-OH is 1. The van der Waals surface area contributed by atoms with Gasteiger partial charge in [-0.2, -0.15) is 0 Å². The molecule has 3 amide bonds. The molecule has 2 aliphatic carbocycles. The lowest BCUT2D eigenvalue weighted by molar-refractivity contribution is -0.203. The van der Waals surface area contributed by atoms with E-state index in [0.717, 1.165) is 49.4 Å². The van der Waals surface area contributed by atoms with Crippen molar-refractivity contribution in [1.29, 1.82) is 0 Å². The molecule has 1 saturated carbocycles. The van der Waals surface area contributed by atoms with Gasteiger partial charge in [0.2, 0.25) is 11.8 Å². The average Bonchev–Trinajstić information content (AvgIpc) is 1.49. The lowest BCUT2D eigenvalue weighted by Crippen LogP contribution is -2.81.